The number of carbonyl (C=O) groups is 1. The van der Waals surface area contributed by atoms with E-state index in [-0.39, 0.29) is 17.7 Å². The summed E-state index contributed by atoms with van der Waals surface area (Å²) in [6.45, 7) is 5.51. The lowest BCUT2D eigenvalue weighted by Crippen LogP contribution is -2.44. The van der Waals surface area contributed by atoms with Gasteiger partial charge in [0.15, 0.2) is 11.7 Å². The molecule has 1 aromatic heterocycles. The number of anilines is 1. The van der Waals surface area contributed by atoms with E-state index in [4.69, 9.17) is 5.11 Å². The number of nitrogens with one attached hydrogen (secondary N) is 1. The number of hydrogen-bond acceptors (Lipinski definition) is 3. The minimum absolute atomic E-state index is 0.0934. The van der Waals surface area contributed by atoms with Crippen LogP contribution in [0.3, 0.4) is 0 Å². The Balaban J connectivity index is 2.47. The average molecular weight is 291 g/mol. The Morgan fingerprint density at radius 1 is 1.45 bits per heavy atom. The summed E-state index contributed by atoms with van der Waals surface area (Å²) >= 11 is 0. The van der Waals surface area contributed by atoms with E-state index in [0.29, 0.717) is 0 Å². The molecule has 8 heteroatoms. The van der Waals surface area contributed by atoms with Crippen LogP contribution in [0.4, 0.5) is 19.0 Å². The molecule has 2 heterocycles. The molecule has 1 aliphatic rings. The van der Waals surface area contributed by atoms with Gasteiger partial charge in [-0.2, -0.15) is 18.3 Å². The van der Waals surface area contributed by atoms with E-state index in [1.807, 2.05) is 20.8 Å². The van der Waals surface area contributed by atoms with Crippen molar-refractivity contribution >= 4 is 11.8 Å². The van der Waals surface area contributed by atoms with Crippen molar-refractivity contribution in [3.05, 3.63) is 11.8 Å². The fourth-order valence-corrected chi connectivity index (χ4v) is 2.25. The molecule has 1 aliphatic heterocycles. The van der Waals surface area contributed by atoms with E-state index in [0.717, 1.165) is 10.7 Å². The standard InChI is InChI=1S/C12H16F3N3O2/c1-11(2,3)7-5-8(12(13,14)15)18-9(16-7)4-6(17-18)10(19)20/h4,7-8,16H,5H2,1-3H3,(H,19,20)/t7-,8+/m0/s1. The first-order valence-electron chi connectivity index (χ1n) is 6.16. The van der Waals surface area contributed by atoms with Crippen molar-refractivity contribution < 1.29 is 23.1 Å². The van der Waals surface area contributed by atoms with Crippen molar-refractivity contribution in [1.82, 2.24) is 9.78 Å². The average Bonchev–Trinajstić information content (AvgIpc) is 2.68. The Labute approximate surface area is 113 Å². The van der Waals surface area contributed by atoms with Crippen LogP contribution in [0, 0.1) is 5.41 Å². The van der Waals surface area contributed by atoms with Crippen LogP contribution in [0.5, 0.6) is 0 Å². The molecule has 0 saturated heterocycles. The maximum absolute atomic E-state index is 13.2. The van der Waals surface area contributed by atoms with Gasteiger partial charge >= 0.3 is 12.1 Å². The van der Waals surface area contributed by atoms with Crippen LogP contribution < -0.4 is 5.32 Å². The number of aromatic carboxylic acids is 1. The van der Waals surface area contributed by atoms with Gasteiger partial charge in [-0.25, -0.2) is 9.48 Å². The minimum Gasteiger partial charge on any atom is -0.476 e. The van der Waals surface area contributed by atoms with E-state index >= 15 is 0 Å². The summed E-state index contributed by atoms with van der Waals surface area (Å²) < 4.78 is 40.2. The van der Waals surface area contributed by atoms with Gasteiger partial charge in [-0.1, -0.05) is 20.8 Å². The zero-order valence-corrected chi connectivity index (χ0v) is 11.3. The van der Waals surface area contributed by atoms with Gasteiger partial charge in [-0.15, -0.1) is 0 Å². The second kappa shape index (κ2) is 4.39. The first kappa shape index (κ1) is 14.7. The number of carboxylic acid groups (broad SMARTS) is 1. The molecule has 1 aromatic rings. The Morgan fingerprint density at radius 2 is 2.05 bits per heavy atom. The highest BCUT2D eigenvalue weighted by atomic mass is 19.4. The molecule has 2 N–H and O–H groups in total. The summed E-state index contributed by atoms with van der Waals surface area (Å²) in [5, 5.41) is 15.4. The molecule has 0 aliphatic carbocycles. The lowest BCUT2D eigenvalue weighted by atomic mass is 9.82. The molecule has 0 fully saturated rings. The Morgan fingerprint density at radius 3 is 2.50 bits per heavy atom. The van der Waals surface area contributed by atoms with Crippen molar-refractivity contribution in [1.29, 1.82) is 0 Å². The third kappa shape index (κ3) is 2.59. The van der Waals surface area contributed by atoms with E-state index in [1.165, 1.54) is 0 Å². The van der Waals surface area contributed by atoms with Crippen molar-refractivity contribution in [3.63, 3.8) is 0 Å². The van der Waals surface area contributed by atoms with Crippen molar-refractivity contribution in [3.8, 4) is 0 Å². The highest BCUT2D eigenvalue weighted by molar-refractivity contribution is 5.86. The number of fused-ring (bicyclic) bond motifs is 1. The lowest BCUT2D eigenvalue weighted by molar-refractivity contribution is -0.175. The quantitative estimate of drug-likeness (QED) is 0.835. The van der Waals surface area contributed by atoms with Crippen LogP contribution in [-0.2, 0) is 0 Å². The van der Waals surface area contributed by atoms with Gasteiger partial charge in [-0.05, 0) is 11.8 Å². The van der Waals surface area contributed by atoms with Gasteiger partial charge in [0.05, 0.1) is 0 Å². The number of hydrogen-bond donors (Lipinski definition) is 2. The normalized spacial score (nSPS) is 23.1. The summed E-state index contributed by atoms with van der Waals surface area (Å²) in [7, 11) is 0. The maximum Gasteiger partial charge on any atom is 0.410 e. The molecule has 0 amide bonds. The number of nitrogens with zero attached hydrogens (tertiary/aromatic N) is 2. The maximum atomic E-state index is 13.2. The van der Waals surface area contributed by atoms with Crippen LogP contribution in [0.1, 0.15) is 43.7 Å². The third-order valence-corrected chi connectivity index (χ3v) is 3.45. The van der Waals surface area contributed by atoms with Gasteiger partial charge in [0.1, 0.15) is 5.82 Å². The SMILES string of the molecule is CC(C)(C)[C@@H]1C[C@H](C(F)(F)F)n2nc(C(=O)O)cc2N1. The Kier molecular flexibility index (Phi) is 3.22. The predicted molar refractivity (Wildman–Crippen MR) is 65.8 cm³/mol. The molecule has 0 bridgehead atoms. The van der Waals surface area contributed by atoms with Crippen LogP contribution in [-0.4, -0.2) is 33.1 Å². The Bertz CT molecular complexity index is 531. The summed E-state index contributed by atoms with van der Waals surface area (Å²) in [5.41, 5.74) is -0.779. The van der Waals surface area contributed by atoms with Gasteiger partial charge in [0.2, 0.25) is 0 Å². The number of alkyl halides is 3. The topological polar surface area (TPSA) is 67.2 Å². The highest BCUT2D eigenvalue weighted by Gasteiger charge is 2.48. The Hall–Kier alpha value is -1.73. The predicted octanol–water partition coefficient (Wildman–Crippen LogP) is 2.92. The summed E-state index contributed by atoms with van der Waals surface area (Å²) in [4.78, 5) is 10.9. The second-order valence-electron chi connectivity index (χ2n) is 6.02. The number of carboxylic acids is 1. The first-order valence-corrected chi connectivity index (χ1v) is 6.16. The zero-order chi connectivity index (χ0) is 15.3. The minimum atomic E-state index is -4.47. The van der Waals surface area contributed by atoms with Crippen molar-refractivity contribution in [2.24, 2.45) is 5.41 Å². The first-order chi connectivity index (χ1) is 9.00. The third-order valence-electron chi connectivity index (χ3n) is 3.45. The van der Waals surface area contributed by atoms with Gasteiger partial charge in [0.25, 0.3) is 0 Å². The summed E-state index contributed by atoms with van der Waals surface area (Å²) in [6.07, 6.45) is -4.65. The van der Waals surface area contributed by atoms with Crippen LogP contribution in [0.2, 0.25) is 0 Å². The molecule has 0 spiro atoms. The van der Waals surface area contributed by atoms with E-state index < -0.39 is 29.9 Å². The number of aromatic nitrogens is 2. The smallest absolute Gasteiger partial charge is 0.410 e. The molecular formula is C12H16F3N3O2. The van der Waals surface area contributed by atoms with Crippen LogP contribution in [0.25, 0.3) is 0 Å². The molecule has 2 atom stereocenters. The van der Waals surface area contributed by atoms with Crippen molar-refractivity contribution in [2.75, 3.05) is 5.32 Å². The van der Waals surface area contributed by atoms with Gasteiger partial charge in [-0.3, -0.25) is 0 Å². The molecule has 0 saturated carbocycles. The summed E-state index contributed by atoms with van der Waals surface area (Å²) in [6, 6.07) is -1.09. The van der Waals surface area contributed by atoms with E-state index in [2.05, 4.69) is 10.4 Å². The lowest BCUT2D eigenvalue weighted by Gasteiger charge is -2.39. The monoisotopic (exact) mass is 291 g/mol. The molecular weight excluding hydrogens is 275 g/mol. The second-order valence-corrected chi connectivity index (χ2v) is 6.02. The number of halogens is 3. The fraction of sp³-hybridized carbons (Fsp3) is 0.667. The van der Waals surface area contributed by atoms with E-state index in [1.54, 1.807) is 0 Å². The summed E-state index contributed by atoms with van der Waals surface area (Å²) in [5.74, 6) is -1.25. The van der Waals surface area contributed by atoms with Crippen LogP contribution >= 0.6 is 0 Å². The zero-order valence-electron chi connectivity index (χ0n) is 11.3. The molecule has 5 nitrogen and oxygen atoms in total. The van der Waals surface area contributed by atoms with Gasteiger partial charge in [0, 0.05) is 12.1 Å². The largest absolute Gasteiger partial charge is 0.476 e. The molecule has 20 heavy (non-hydrogen) atoms. The number of rotatable bonds is 1. The molecule has 0 aromatic carbocycles. The molecule has 112 valence electrons. The fourth-order valence-electron chi connectivity index (χ4n) is 2.25. The van der Waals surface area contributed by atoms with E-state index in [9.17, 15) is 18.0 Å². The van der Waals surface area contributed by atoms with Crippen LogP contribution in [0.15, 0.2) is 6.07 Å². The molecule has 2 rings (SSSR count). The molecule has 0 unspecified atom stereocenters. The highest BCUT2D eigenvalue weighted by Crippen LogP contribution is 2.42. The van der Waals surface area contributed by atoms with Crippen molar-refractivity contribution in [2.45, 2.75) is 45.5 Å². The molecule has 0 radical (unpaired) electrons. The van der Waals surface area contributed by atoms with Gasteiger partial charge < -0.3 is 10.4 Å².